The van der Waals surface area contributed by atoms with E-state index >= 15 is 0 Å². The Hall–Kier alpha value is -2.55. The first kappa shape index (κ1) is 17.8. The fraction of sp³-hybridized carbons (Fsp3) is 0.292. The number of rotatable bonds is 2. The first-order valence-corrected chi connectivity index (χ1v) is 9.89. The van der Waals surface area contributed by atoms with Crippen LogP contribution in [0.2, 0.25) is 6.82 Å². The van der Waals surface area contributed by atoms with Gasteiger partial charge in [0.2, 0.25) is 0 Å². The molecule has 3 aromatic rings. The summed E-state index contributed by atoms with van der Waals surface area (Å²) in [4.78, 5) is 2.51. The van der Waals surface area contributed by atoms with E-state index in [9.17, 15) is 0 Å². The number of nitrogens with zero attached hydrogens (tertiary/aromatic N) is 2. The molecule has 0 spiro atoms. The quantitative estimate of drug-likeness (QED) is 0.469. The summed E-state index contributed by atoms with van der Waals surface area (Å²) in [5.41, 5.74) is 8.18. The fourth-order valence-corrected chi connectivity index (χ4v) is 4.53. The Morgan fingerprint density at radius 2 is 1.63 bits per heavy atom. The molecule has 0 radical (unpaired) electrons. The predicted octanol–water partition coefficient (Wildman–Crippen LogP) is 4.89. The van der Waals surface area contributed by atoms with Gasteiger partial charge in [-0.25, -0.2) is 4.57 Å². The highest BCUT2D eigenvalue weighted by Gasteiger charge is 2.39. The Kier molecular flexibility index (Phi) is 4.34. The summed E-state index contributed by atoms with van der Waals surface area (Å²) in [6.45, 7) is 11.7. The zero-order chi connectivity index (χ0) is 19.3. The van der Waals surface area contributed by atoms with E-state index in [0.717, 1.165) is 0 Å². The van der Waals surface area contributed by atoms with Gasteiger partial charge in [0.05, 0.1) is 12.7 Å². The molecule has 0 saturated carbocycles. The van der Waals surface area contributed by atoms with Gasteiger partial charge in [0.25, 0.3) is 5.82 Å². The molecule has 0 N–H and O–H groups in total. The monoisotopic (exact) mass is 355 g/mol. The summed E-state index contributed by atoms with van der Waals surface area (Å²) in [7, 11) is 2.19. The molecule has 1 aliphatic rings. The van der Waals surface area contributed by atoms with E-state index in [4.69, 9.17) is 0 Å². The maximum Gasteiger partial charge on any atom is 0.409 e. The predicted molar refractivity (Wildman–Crippen MR) is 118 cm³/mol. The van der Waals surface area contributed by atoms with E-state index in [-0.39, 0.29) is 0 Å². The SMILES string of the molecule is CB1c2ccccc2C(C)=C(C)N1c1cc(C(C)C)c2ccccc2[n+]1C. The van der Waals surface area contributed by atoms with Crippen molar-refractivity contribution in [2.45, 2.75) is 40.4 Å². The Bertz CT molecular complexity index is 1070. The molecular formula is C24H28BN2+. The van der Waals surface area contributed by atoms with E-state index in [1.807, 2.05) is 0 Å². The molecule has 0 amide bonds. The number of aryl methyl sites for hydroxylation is 1. The lowest BCUT2D eigenvalue weighted by Gasteiger charge is -2.31. The largest absolute Gasteiger partial charge is 0.409 e. The van der Waals surface area contributed by atoms with Crippen molar-refractivity contribution < 1.29 is 4.57 Å². The molecule has 2 heterocycles. The van der Waals surface area contributed by atoms with E-state index in [0.29, 0.717) is 12.8 Å². The van der Waals surface area contributed by atoms with Crippen LogP contribution in [-0.4, -0.2) is 6.85 Å². The minimum Gasteiger partial charge on any atom is -0.290 e. The van der Waals surface area contributed by atoms with Gasteiger partial charge in [-0.05, 0) is 54.8 Å². The van der Waals surface area contributed by atoms with E-state index in [1.54, 1.807) is 0 Å². The minimum atomic E-state index is 0.303. The zero-order valence-corrected chi connectivity index (χ0v) is 17.2. The molecule has 2 nitrogen and oxygen atoms in total. The molecule has 0 atom stereocenters. The minimum absolute atomic E-state index is 0.303. The third kappa shape index (κ3) is 2.68. The zero-order valence-electron chi connectivity index (χ0n) is 17.2. The highest BCUT2D eigenvalue weighted by molar-refractivity contribution is 6.77. The van der Waals surface area contributed by atoms with Crippen LogP contribution in [0, 0.1) is 0 Å². The van der Waals surface area contributed by atoms with E-state index < -0.39 is 0 Å². The van der Waals surface area contributed by atoms with Crippen LogP contribution in [0.5, 0.6) is 0 Å². The van der Waals surface area contributed by atoms with Crippen LogP contribution in [0.25, 0.3) is 16.5 Å². The van der Waals surface area contributed by atoms with Gasteiger partial charge in [-0.2, -0.15) is 0 Å². The lowest BCUT2D eigenvalue weighted by atomic mass is 9.52. The summed E-state index contributed by atoms with van der Waals surface area (Å²) in [6, 6.07) is 20.0. The summed E-state index contributed by atoms with van der Waals surface area (Å²) < 4.78 is 2.35. The number of pyridine rings is 1. The van der Waals surface area contributed by atoms with Crippen molar-refractivity contribution in [2.75, 3.05) is 4.81 Å². The van der Waals surface area contributed by atoms with Crippen molar-refractivity contribution in [3.8, 4) is 0 Å². The smallest absolute Gasteiger partial charge is 0.290 e. The number of fused-ring (bicyclic) bond motifs is 2. The summed E-state index contributed by atoms with van der Waals surface area (Å²) in [6.07, 6.45) is 0. The molecule has 1 aromatic heterocycles. The molecule has 27 heavy (non-hydrogen) atoms. The second-order valence-electron chi connectivity index (χ2n) is 8.03. The number of hydrogen-bond acceptors (Lipinski definition) is 1. The lowest BCUT2D eigenvalue weighted by molar-refractivity contribution is -0.631. The highest BCUT2D eigenvalue weighted by Crippen LogP contribution is 2.33. The van der Waals surface area contributed by atoms with Gasteiger partial charge < -0.3 is 0 Å². The van der Waals surface area contributed by atoms with Crippen LogP contribution < -0.4 is 14.8 Å². The third-order valence-electron chi connectivity index (χ3n) is 6.18. The molecule has 0 aliphatic carbocycles. The topological polar surface area (TPSA) is 7.12 Å². The van der Waals surface area contributed by atoms with Crippen molar-refractivity contribution in [1.82, 2.24) is 0 Å². The van der Waals surface area contributed by atoms with Crippen LogP contribution in [-0.2, 0) is 7.05 Å². The molecule has 1 aliphatic heterocycles. The first-order chi connectivity index (χ1) is 12.9. The molecule has 3 heteroatoms. The number of anilines is 1. The van der Waals surface area contributed by atoms with Crippen LogP contribution in [0.15, 0.2) is 60.3 Å². The van der Waals surface area contributed by atoms with Crippen LogP contribution >= 0.6 is 0 Å². The normalized spacial score (nSPS) is 14.3. The Balaban J connectivity index is 2.00. The van der Waals surface area contributed by atoms with Gasteiger partial charge in [-0.1, -0.05) is 56.3 Å². The Morgan fingerprint density at radius 1 is 0.963 bits per heavy atom. The Morgan fingerprint density at radius 3 is 2.37 bits per heavy atom. The Labute approximate surface area is 163 Å². The van der Waals surface area contributed by atoms with Crippen molar-refractivity contribution >= 4 is 34.6 Å². The van der Waals surface area contributed by atoms with Gasteiger partial charge in [-0.15, -0.1) is 0 Å². The van der Waals surface area contributed by atoms with Crippen LogP contribution in [0.3, 0.4) is 0 Å². The van der Waals surface area contributed by atoms with Crippen molar-refractivity contribution in [2.24, 2.45) is 7.05 Å². The number of allylic oxidation sites excluding steroid dienone is 2. The standard InChI is InChI=1S/C24H28BN2/c1-16(2)21-15-24(26(6)23-14-10-8-12-20(21)23)27-18(4)17(3)19-11-7-9-13-22(19)25(27)5/h7-16H,1-6H3/q+1. The number of aromatic nitrogens is 1. The molecule has 2 aromatic carbocycles. The van der Waals surface area contributed by atoms with Crippen LogP contribution in [0.4, 0.5) is 5.82 Å². The van der Waals surface area contributed by atoms with Gasteiger partial charge in [0.15, 0.2) is 0 Å². The molecule has 136 valence electrons. The summed E-state index contributed by atoms with van der Waals surface area (Å²) >= 11 is 0. The van der Waals surface area contributed by atoms with E-state index in [1.165, 1.54) is 44.6 Å². The fourth-order valence-electron chi connectivity index (χ4n) is 4.53. The molecule has 0 saturated heterocycles. The maximum absolute atomic E-state index is 2.51. The van der Waals surface area contributed by atoms with Crippen molar-refractivity contribution in [3.05, 3.63) is 71.4 Å². The van der Waals surface area contributed by atoms with Crippen LogP contribution in [0.1, 0.15) is 44.7 Å². The third-order valence-corrected chi connectivity index (χ3v) is 6.18. The highest BCUT2D eigenvalue weighted by atomic mass is 15.2. The van der Waals surface area contributed by atoms with E-state index in [2.05, 4.69) is 106 Å². The van der Waals surface area contributed by atoms with Gasteiger partial charge in [0.1, 0.15) is 5.52 Å². The summed E-state index contributed by atoms with van der Waals surface area (Å²) in [5, 5.41) is 1.35. The molecule has 4 rings (SSSR count). The second kappa shape index (κ2) is 6.56. The summed E-state index contributed by atoms with van der Waals surface area (Å²) in [5.74, 6) is 1.74. The number of hydrogen-bond donors (Lipinski definition) is 0. The molecule has 0 unspecified atom stereocenters. The second-order valence-corrected chi connectivity index (χ2v) is 8.03. The average Bonchev–Trinajstić information content (AvgIpc) is 2.68. The van der Waals surface area contributed by atoms with Gasteiger partial charge in [-0.3, -0.25) is 4.81 Å². The molecular weight excluding hydrogens is 327 g/mol. The van der Waals surface area contributed by atoms with Crippen molar-refractivity contribution in [1.29, 1.82) is 0 Å². The molecule has 0 bridgehead atoms. The first-order valence-electron chi connectivity index (χ1n) is 9.89. The number of benzene rings is 2. The van der Waals surface area contributed by atoms with Gasteiger partial charge in [0, 0.05) is 11.5 Å². The van der Waals surface area contributed by atoms with Gasteiger partial charge >= 0.3 is 6.85 Å². The lowest BCUT2D eigenvalue weighted by Crippen LogP contribution is -2.53. The average molecular weight is 355 g/mol. The maximum atomic E-state index is 2.51. The van der Waals surface area contributed by atoms with Crippen molar-refractivity contribution in [3.63, 3.8) is 0 Å². The number of para-hydroxylation sites is 1. The molecule has 0 fully saturated rings.